The zero-order chi connectivity index (χ0) is 22.4. The molecule has 0 fully saturated rings. The van der Waals surface area contributed by atoms with Gasteiger partial charge in [0.25, 0.3) is 0 Å². The van der Waals surface area contributed by atoms with Crippen LogP contribution in [0.3, 0.4) is 0 Å². The average molecular weight is 432 g/mol. The largest absolute Gasteiger partial charge is 0.361 e. The molecule has 1 aliphatic rings. The molecule has 33 heavy (non-hydrogen) atoms. The average Bonchev–Trinajstić information content (AvgIpc) is 3.45. The Balaban J connectivity index is 1.46. The van der Waals surface area contributed by atoms with Gasteiger partial charge < -0.3 is 14.7 Å². The molecule has 0 saturated heterocycles. The molecule has 0 radical (unpaired) electrons. The van der Waals surface area contributed by atoms with Gasteiger partial charge in [0, 0.05) is 60.5 Å². The van der Waals surface area contributed by atoms with Crippen LogP contribution in [0.25, 0.3) is 27.6 Å². The van der Waals surface area contributed by atoms with E-state index in [0.29, 0.717) is 0 Å². The van der Waals surface area contributed by atoms with Crippen molar-refractivity contribution in [2.24, 2.45) is 0 Å². The fraction of sp³-hybridized carbons (Fsp3) is 0.107. The van der Waals surface area contributed by atoms with Crippen molar-refractivity contribution in [2.75, 3.05) is 30.6 Å². The van der Waals surface area contributed by atoms with Gasteiger partial charge in [-0.3, -0.25) is 4.57 Å². The predicted molar refractivity (Wildman–Crippen MR) is 137 cm³/mol. The summed E-state index contributed by atoms with van der Waals surface area (Å²) in [5.41, 5.74) is 5.78. The molecule has 0 amide bonds. The summed E-state index contributed by atoms with van der Waals surface area (Å²) in [6.07, 6.45) is 6.07. The molecule has 2 aromatic heterocycles. The molecule has 5 heteroatoms. The minimum atomic E-state index is 0.864. The molecule has 0 unspecified atom stereocenters. The van der Waals surface area contributed by atoms with Gasteiger partial charge in [0.1, 0.15) is 5.82 Å². The summed E-state index contributed by atoms with van der Waals surface area (Å²) >= 11 is 0. The van der Waals surface area contributed by atoms with Crippen molar-refractivity contribution in [3.8, 4) is 5.82 Å². The van der Waals surface area contributed by atoms with E-state index in [0.717, 1.165) is 34.9 Å². The minimum Gasteiger partial charge on any atom is -0.361 e. The van der Waals surface area contributed by atoms with Crippen LogP contribution < -0.4 is 9.80 Å². The van der Waals surface area contributed by atoms with E-state index < -0.39 is 0 Å². The van der Waals surface area contributed by atoms with Gasteiger partial charge in [0.05, 0.1) is 17.7 Å². The highest BCUT2D eigenvalue weighted by molar-refractivity contribution is 6.10. The van der Waals surface area contributed by atoms with Crippen LogP contribution >= 0.6 is 0 Å². The molecule has 0 saturated carbocycles. The molecule has 6 rings (SSSR count). The van der Waals surface area contributed by atoms with Crippen LogP contribution in [0, 0.1) is 0 Å². The Hall–Kier alpha value is -4.25. The monoisotopic (exact) mass is 431 g/mol. The number of rotatable bonds is 4. The number of aromatic nitrogens is 2. The van der Waals surface area contributed by atoms with Crippen molar-refractivity contribution >= 4 is 38.9 Å². The standard InChI is InChI=1S/C28H25N5/c1-30-16-17-32(20-30)23-9-7-8-21(18-23)31(2)22-13-14-25-24-10-3-4-11-26(24)33(27(25)19-22)28-12-5-6-15-29-28/h3-19H,20H2,1-2H3. The Morgan fingerprint density at radius 2 is 1.58 bits per heavy atom. The second kappa shape index (κ2) is 7.71. The van der Waals surface area contributed by atoms with Crippen LogP contribution in [0.5, 0.6) is 0 Å². The Labute approximate surface area is 193 Å². The maximum atomic E-state index is 4.65. The first-order valence-electron chi connectivity index (χ1n) is 11.1. The normalized spacial score (nSPS) is 13.4. The van der Waals surface area contributed by atoms with E-state index >= 15 is 0 Å². The molecule has 0 spiro atoms. The zero-order valence-corrected chi connectivity index (χ0v) is 18.8. The Bertz CT molecular complexity index is 1480. The van der Waals surface area contributed by atoms with Gasteiger partial charge >= 0.3 is 0 Å². The molecule has 0 N–H and O–H groups in total. The smallest absolute Gasteiger partial charge is 0.137 e. The lowest BCUT2D eigenvalue weighted by Gasteiger charge is -2.23. The third kappa shape index (κ3) is 3.29. The third-order valence-corrected chi connectivity index (χ3v) is 6.35. The highest BCUT2D eigenvalue weighted by atomic mass is 15.3. The summed E-state index contributed by atoms with van der Waals surface area (Å²) in [6.45, 7) is 0.864. The molecule has 5 nitrogen and oxygen atoms in total. The maximum absolute atomic E-state index is 4.65. The van der Waals surface area contributed by atoms with Crippen LogP contribution in [0.2, 0.25) is 0 Å². The van der Waals surface area contributed by atoms with Gasteiger partial charge in [-0.25, -0.2) is 4.98 Å². The molecule has 3 heterocycles. The van der Waals surface area contributed by atoms with Crippen LogP contribution in [-0.2, 0) is 0 Å². The summed E-state index contributed by atoms with van der Waals surface area (Å²) in [5.74, 6) is 0.926. The van der Waals surface area contributed by atoms with Gasteiger partial charge in [-0.1, -0.05) is 36.4 Å². The number of hydrogen-bond acceptors (Lipinski definition) is 4. The lowest BCUT2D eigenvalue weighted by molar-refractivity contribution is 0.496. The topological polar surface area (TPSA) is 27.5 Å². The van der Waals surface area contributed by atoms with Crippen molar-refractivity contribution in [2.45, 2.75) is 0 Å². The molecular formula is C28H25N5. The first-order chi connectivity index (χ1) is 16.2. The molecule has 0 atom stereocenters. The number of benzene rings is 3. The van der Waals surface area contributed by atoms with Gasteiger partial charge in [0.2, 0.25) is 0 Å². The first-order valence-corrected chi connectivity index (χ1v) is 11.1. The van der Waals surface area contributed by atoms with Gasteiger partial charge in [-0.2, -0.15) is 0 Å². The van der Waals surface area contributed by atoms with E-state index in [1.165, 1.54) is 16.5 Å². The van der Waals surface area contributed by atoms with Crippen molar-refractivity contribution in [1.82, 2.24) is 14.5 Å². The number of pyridine rings is 1. The quantitative estimate of drug-likeness (QED) is 0.342. The van der Waals surface area contributed by atoms with Crippen molar-refractivity contribution in [3.05, 3.63) is 104 Å². The molecule has 0 aliphatic carbocycles. The molecule has 5 aromatic rings. The minimum absolute atomic E-state index is 0.864. The van der Waals surface area contributed by atoms with Gasteiger partial charge in [-0.05, 0) is 48.5 Å². The second-order valence-electron chi connectivity index (χ2n) is 8.49. The SMILES string of the molecule is CN1C=CN(c2cccc(N(C)c3ccc4c5ccccc5n(-c5ccccn5)c4c3)c2)C1. The van der Waals surface area contributed by atoms with Crippen molar-refractivity contribution < 1.29 is 0 Å². The highest BCUT2D eigenvalue weighted by Gasteiger charge is 2.16. The number of hydrogen-bond donors (Lipinski definition) is 0. The van der Waals surface area contributed by atoms with E-state index in [4.69, 9.17) is 0 Å². The lowest BCUT2D eigenvalue weighted by atomic mass is 10.1. The van der Waals surface area contributed by atoms with Crippen molar-refractivity contribution in [3.63, 3.8) is 0 Å². The van der Waals surface area contributed by atoms with Crippen LogP contribution in [0.1, 0.15) is 0 Å². The van der Waals surface area contributed by atoms with Crippen LogP contribution in [0.15, 0.2) is 104 Å². The van der Waals surface area contributed by atoms with Gasteiger partial charge in [0.15, 0.2) is 0 Å². The van der Waals surface area contributed by atoms with E-state index in [1.54, 1.807) is 0 Å². The third-order valence-electron chi connectivity index (χ3n) is 6.35. The summed E-state index contributed by atoms with van der Waals surface area (Å²) in [4.78, 5) is 11.3. The second-order valence-corrected chi connectivity index (χ2v) is 8.49. The summed E-state index contributed by atoms with van der Waals surface area (Å²) in [6, 6.07) is 30.0. The van der Waals surface area contributed by atoms with Crippen molar-refractivity contribution in [1.29, 1.82) is 0 Å². The lowest BCUT2D eigenvalue weighted by Crippen LogP contribution is -2.21. The predicted octanol–water partition coefficient (Wildman–Crippen LogP) is 6.13. The first kappa shape index (κ1) is 19.4. The fourth-order valence-corrected chi connectivity index (χ4v) is 4.63. The molecule has 0 bridgehead atoms. The van der Waals surface area contributed by atoms with Crippen LogP contribution in [-0.4, -0.2) is 35.2 Å². The number of fused-ring (bicyclic) bond motifs is 3. The van der Waals surface area contributed by atoms with E-state index in [2.05, 4.69) is 124 Å². The van der Waals surface area contributed by atoms with E-state index in [9.17, 15) is 0 Å². The zero-order valence-electron chi connectivity index (χ0n) is 18.8. The molecule has 3 aromatic carbocycles. The number of nitrogens with zero attached hydrogens (tertiary/aromatic N) is 5. The molecular weight excluding hydrogens is 406 g/mol. The highest BCUT2D eigenvalue weighted by Crippen LogP contribution is 2.35. The number of para-hydroxylation sites is 1. The van der Waals surface area contributed by atoms with Crippen LogP contribution in [0.4, 0.5) is 17.1 Å². The molecule has 1 aliphatic heterocycles. The molecule has 162 valence electrons. The summed E-state index contributed by atoms with van der Waals surface area (Å²) in [7, 11) is 4.21. The summed E-state index contributed by atoms with van der Waals surface area (Å²) in [5, 5.41) is 2.46. The number of anilines is 3. The Morgan fingerprint density at radius 1 is 0.758 bits per heavy atom. The van der Waals surface area contributed by atoms with Gasteiger partial charge in [-0.15, -0.1) is 0 Å². The van der Waals surface area contributed by atoms with E-state index in [1.807, 2.05) is 18.3 Å². The van der Waals surface area contributed by atoms with E-state index in [-0.39, 0.29) is 0 Å². The Kier molecular flexibility index (Phi) is 4.54. The summed E-state index contributed by atoms with van der Waals surface area (Å²) < 4.78 is 2.25. The maximum Gasteiger partial charge on any atom is 0.137 e. The fourth-order valence-electron chi connectivity index (χ4n) is 4.63. The Morgan fingerprint density at radius 3 is 2.39 bits per heavy atom.